The van der Waals surface area contributed by atoms with Crippen LogP contribution in [0.15, 0.2) is 63.5 Å². The summed E-state index contributed by atoms with van der Waals surface area (Å²) in [4.78, 5) is 29.8. The molecule has 3 rings (SSSR count). The highest BCUT2D eigenvalue weighted by Crippen LogP contribution is 2.39. The van der Waals surface area contributed by atoms with Gasteiger partial charge in [0.05, 0.1) is 11.6 Å². The molecular weight excluding hydrogens is 402 g/mol. The number of aromatic amines is 1. The van der Waals surface area contributed by atoms with Crippen molar-refractivity contribution in [3.8, 4) is 11.1 Å². The lowest BCUT2D eigenvalue weighted by Gasteiger charge is -2.15. The molecule has 0 radical (unpaired) electrons. The topological polar surface area (TPSA) is 115 Å². The minimum atomic E-state index is -1.16. The number of hydrogen-bond donors (Lipinski definition) is 4. The summed E-state index contributed by atoms with van der Waals surface area (Å²) in [6.07, 6.45) is 2.02. The van der Waals surface area contributed by atoms with Gasteiger partial charge >= 0.3 is 6.09 Å². The van der Waals surface area contributed by atoms with Gasteiger partial charge in [-0.25, -0.2) is 9.78 Å². The number of nitrogens with one attached hydrogen (secondary N) is 2. The van der Waals surface area contributed by atoms with Crippen LogP contribution in [0, 0.1) is 0 Å². The third-order valence-corrected chi connectivity index (χ3v) is 5.54. The van der Waals surface area contributed by atoms with Gasteiger partial charge in [-0.05, 0) is 41.0 Å². The molecule has 7 nitrogen and oxygen atoms in total. The molecule has 0 unspecified atom stereocenters. The van der Waals surface area contributed by atoms with Crippen molar-refractivity contribution >= 4 is 29.5 Å². The molecule has 0 atom stereocenters. The summed E-state index contributed by atoms with van der Waals surface area (Å²) >= 11 is 7.77. The van der Waals surface area contributed by atoms with Gasteiger partial charge in [-0.15, -0.1) is 0 Å². The standard InChI is InChI=1S/C19H16ClN3O4S/c20-15-7-13(11-3-4-16(25)22-8-11)6-14(9-23-19(26)27)17(15)28-18-12(10-24)2-1-5-21-18/h1-8,23-24H,9-10H2,(H,22,25)(H,26,27). The number of nitrogens with zero attached hydrogens (tertiary/aromatic N) is 1. The van der Waals surface area contributed by atoms with E-state index in [9.17, 15) is 14.7 Å². The van der Waals surface area contributed by atoms with Crippen LogP contribution in [-0.4, -0.2) is 26.3 Å². The van der Waals surface area contributed by atoms with Crippen LogP contribution in [0.2, 0.25) is 5.02 Å². The monoisotopic (exact) mass is 417 g/mol. The van der Waals surface area contributed by atoms with Gasteiger partial charge in [0.2, 0.25) is 5.56 Å². The zero-order chi connectivity index (χ0) is 20.1. The molecule has 28 heavy (non-hydrogen) atoms. The summed E-state index contributed by atoms with van der Waals surface area (Å²) in [7, 11) is 0. The predicted octanol–water partition coefficient (Wildman–Crippen LogP) is 3.50. The number of H-pyrrole nitrogens is 1. The first-order chi connectivity index (χ1) is 13.5. The third-order valence-electron chi connectivity index (χ3n) is 3.89. The molecule has 2 heterocycles. The van der Waals surface area contributed by atoms with Crippen LogP contribution in [0.3, 0.4) is 0 Å². The van der Waals surface area contributed by atoms with Gasteiger partial charge in [0.15, 0.2) is 0 Å². The maximum absolute atomic E-state index is 11.3. The van der Waals surface area contributed by atoms with Gasteiger partial charge in [-0.2, -0.15) is 0 Å². The minimum Gasteiger partial charge on any atom is -0.465 e. The average Bonchev–Trinajstić information content (AvgIpc) is 2.69. The SMILES string of the molecule is O=C(O)NCc1cc(-c2ccc(=O)[nH]c2)cc(Cl)c1Sc1ncccc1CO. The van der Waals surface area contributed by atoms with Crippen LogP contribution in [-0.2, 0) is 13.2 Å². The largest absolute Gasteiger partial charge is 0.465 e. The van der Waals surface area contributed by atoms with Crippen molar-refractivity contribution in [3.05, 3.63) is 75.3 Å². The Hall–Kier alpha value is -2.81. The van der Waals surface area contributed by atoms with Gasteiger partial charge in [0.1, 0.15) is 5.03 Å². The van der Waals surface area contributed by atoms with Crippen LogP contribution >= 0.6 is 23.4 Å². The van der Waals surface area contributed by atoms with Crippen molar-refractivity contribution in [2.24, 2.45) is 0 Å². The van der Waals surface area contributed by atoms with E-state index in [1.807, 2.05) is 0 Å². The van der Waals surface area contributed by atoms with Gasteiger partial charge < -0.3 is 20.5 Å². The fourth-order valence-corrected chi connectivity index (χ4v) is 3.90. The van der Waals surface area contributed by atoms with Crippen LogP contribution in [0.1, 0.15) is 11.1 Å². The second-order valence-electron chi connectivity index (χ2n) is 5.77. The van der Waals surface area contributed by atoms with Gasteiger partial charge in [0, 0.05) is 35.5 Å². The molecule has 0 fully saturated rings. The number of aromatic nitrogens is 2. The molecule has 0 spiro atoms. The summed E-state index contributed by atoms with van der Waals surface area (Å²) in [6.45, 7) is -0.137. The Kier molecular flexibility index (Phi) is 6.35. The zero-order valence-electron chi connectivity index (χ0n) is 14.5. The van der Waals surface area contributed by atoms with Crippen molar-refractivity contribution in [3.63, 3.8) is 0 Å². The van der Waals surface area contributed by atoms with Crippen LogP contribution in [0.25, 0.3) is 11.1 Å². The van der Waals surface area contributed by atoms with Crippen LogP contribution in [0.4, 0.5) is 4.79 Å². The Morgan fingerprint density at radius 3 is 2.71 bits per heavy atom. The van der Waals surface area contributed by atoms with Crippen molar-refractivity contribution in [1.29, 1.82) is 0 Å². The Bertz CT molecular complexity index is 1050. The summed E-state index contributed by atoms with van der Waals surface area (Å²) in [5, 5.41) is 21.8. The number of hydrogen-bond acceptors (Lipinski definition) is 5. The van der Waals surface area contributed by atoms with E-state index in [1.165, 1.54) is 17.8 Å². The van der Waals surface area contributed by atoms with Gasteiger partial charge in [0.25, 0.3) is 0 Å². The van der Waals surface area contributed by atoms with Crippen molar-refractivity contribution in [1.82, 2.24) is 15.3 Å². The second-order valence-corrected chi connectivity index (χ2v) is 7.18. The number of aliphatic hydroxyl groups is 1. The summed E-state index contributed by atoms with van der Waals surface area (Å²) in [5.41, 5.74) is 2.54. The van der Waals surface area contributed by atoms with E-state index in [0.717, 1.165) is 11.1 Å². The highest BCUT2D eigenvalue weighted by atomic mass is 35.5. The zero-order valence-corrected chi connectivity index (χ0v) is 16.0. The van der Waals surface area contributed by atoms with E-state index in [2.05, 4.69) is 15.3 Å². The summed E-state index contributed by atoms with van der Waals surface area (Å²) < 4.78 is 0. The van der Waals surface area contributed by atoms with Crippen LogP contribution in [0.5, 0.6) is 0 Å². The van der Waals surface area contributed by atoms with Crippen molar-refractivity contribution in [2.45, 2.75) is 23.1 Å². The van der Waals surface area contributed by atoms with E-state index < -0.39 is 6.09 Å². The molecule has 0 aliphatic carbocycles. The molecule has 4 N–H and O–H groups in total. The Morgan fingerprint density at radius 1 is 1.21 bits per heavy atom. The first kappa shape index (κ1) is 19.9. The molecule has 9 heteroatoms. The van der Waals surface area contributed by atoms with Gasteiger partial charge in [-0.3, -0.25) is 4.79 Å². The number of amides is 1. The molecule has 0 saturated carbocycles. The molecule has 0 bridgehead atoms. The maximum atomic E-state index is 11.3. The number of benzene rings is 1. The summed E-state index contributed by atoms with van der Waals surface area (Å²) in [5.74, 6) is 0. The number of aliphatic hydroxyl groups excluding tert-OH is 1. The summed E-state index contributed by atoms with van der Waals surface area (Å²) in [6, 6.07) is 10.1. The molecule has 2 aromatic heterocycles. The van der Waals surface area contributed by atoms with E-state index in [4.69, 9.17) is 16.7 Å². The molecule has 1 aromatic carbocycles. The molecule has 144 valence electrons. The Labute approximate surface area is 169 Å². The van der Waals surface area contributed by atoms with Crippen molar-refractivity contribution in [2.75, 3.05) is 0 Å². The minimum absolute atomic E-state index is 0.0376. The smallest absolute Gasteiger partial charge is 0.404 e. The molecular formula is C19H16ClN3O4S. The van der Waals surface area contributed by atoms with E-state index in [-0.39, 0.29) is 18.7 Å². The fourth-order valence-electron chi connectivity index (χ4n) is 2.56. The Morgan fingerprint density at radius 2 is 2.04 bits per heavy atom. The lowest BCUT2D eigenvalue weighted by Crippen LogP contribution is -2.20. The quantitative estimate of drug-likeness (QED) is 0.488. The first-order valence-corrected chi connectivity index (χ1v) is 9.38. The highest BCUT2D eigenvalue weighted by Gasteiger charge is 2.15. The van der Waals surface area contributed by atoms with Gasteiger partial charge in [-0.1, -0.05) is 29.4 Å². The average molecular weight is 418 g/mol. The lowest BCUT2D eigenvalue weighted by atomic mass is 10.0. The number of rotatable bonds is 6. The second kappa shape index (κ2) is 8.92. The van der Waals surface area contributed by atoms with E-state index in [0.29, 0.717) is 26.1 Å². The molecule has 1 amide bonds. The van der Waals surface area contributed by atoms with Crippen molar-refractivity contribution < 1.29 is 15.0 Å². The van der Waals surface area contributed by atoms with E-state index >= 15 is 0 Å². The number of carboxylic acid groups (broad SMARTS) is 1. The third kappa shape index (κ3) is 4.72. The lowest BCUT2D eigenvalue weighted by molar-refractivity contribution is 0.194. The fraction of sp³-hybridized carbons (Fsp3) is 0.105. The maximum Gasteiger partial charge on any atom is 0.404 e. The predicted molar refractivity (Wildman–Crippen MR) is 107 cm³/mol. The molecule has 0 aliphatic rings. The molecule has 0 aliphatic heterocycles. The molecule has 3 aromatic rings. The number of pyridine rings is 2. The Balaban J connectivity index is 2.05. The molecule has 0 saturated heterocycles. The van der Waals surface area contributed by atoms with Crippen LogP contribution < -0.4 is 10.9 Å². The first-order valence-electron chi connectivity index (χ1n) is 8.19. The normalized spacial score (nSPS) is 10.6. The highest BCUT2D eigenvalue weighted by molar-refractivity contribution is 7.99. The van der Waals surface area contributed by atoms with E-state index in [1.54, 1.807) is 42.7 Å². The number of halogens is 1. The number of carbonyl (C=O) groups is 1.